The summed E-state index contributed by atoms with van der Waals surface area (Å²) in [6.07, 6.45) is 2.46. The van der Waals surface area contributed by atoms with Gasteiger partial charge in [-0.3, -0.25) is 9.69 Å². The number of sulfonamides is 1. The summed E-state index contributed by atoms with van der Waals surface area (Å²) in [4.78, 5) is 15.0. The van der Waals surface area contributed by atoms with Gasteiger partial charge >= 0.3 is 0 Å². The van der Waals surface area contributed by atoms with E-state index in [0.29, 0.717) is 12.1 Å². The van der Waals surface area contributed by atoms with Crippen LogP contribution < -0.4 is 10.0 Å². The van der Waals surface area contributed by atoms with E-state index in [1.807, 2.05) is 31.2 Å². The maximum absolute atomic E-state index is 12.5. The van der Waals surface area contributed by atoms with Crippen LogP contribution in [0.2, 0.25) is 0 Å². The third kappa shape index (κ3) is 5.90. The van der Waals surface area contributed by atoms with Crippen LogP contribution in [-0.2, 0) is 14.8 Å². The van der Waals surface area contributed by atoms with Crippen molar-refractivity contribution in [3.05, 3.63) is 65.2 Å². The van der Waals surface area contributed by atoms with Gasteiger partial charge in [-0.2, -0.15) is 0 Å². The minimum absolute atomic E-state index is 0.0706. The topological polar surface area (TPSA) is 78.5 Å². The average molecular weight is 430 g/mol. The lowest BCUT2D eigenvalue weighted by atomic mass is 10.1. The maximum Gasteiger partial charge on any atom is 0.240 e. The van der Waals surface area contributed by atoms with Crippen LogP contribution in [0, 0.1) is 13.8 Å². The summed E-state index contributed by atoms with van der Waals surface area (Å²) < 4.78 is 27.6. The SMILES string of the molecule is Cc1ccc(S(=O)(=O)NCCC(=O)NCC(c2ccccc2)N2CCCC2)c(C)c1. The van der Waals surface area contributed by atoms with E-state index < -0.39 is 10.0 Å². The molecule has 1 saturated heterocycles. The molecule has 6 nitrogen and oxygen atoms in total. The van der Waals surface area contributed by atoms with Gasteiger partial charge in [-0.1, -0.05) is 48.0 Å². The normalized spacial score (nSPS) is 15.8. The fourth-order valence-corrected chi connectivity index (χ4v) is 5.22. The first kappa shape index (κ1) is 22.5. The molecular formula is C23H31N3O3S. The van der Waals surface area contributed by atoms with E-state index in [-0.39, 0.29) is 29.8 Å². The third-order valence-corrected chi connectivity index (χ3v) is 7.14. The number of carbonyl (C=O) groups excluding carboxylic acids is 1. The highest BCUT2D eigenvalue weighted by atomic mass is 32.2. The van der Waals surface area contributed by atoms with Gasteiger partial charge in [-0.25, -0.2) is 13.1 Å². The molecule has 1 aliphatic heterocycles. The number of aryl methyl sites for hydroxylation is 2. The van der Waals surface area contributed by atoms with Crippen molar-refractivity contribution in [2.75, 3.05) is 26.2 Å². The molecular weight excluding hydrogens is 398 g/mol. The quantitative estimate of drug-likeness (QED) is 0.642. The monoisotopic (exact) mass is 429 g/mol. The van der Waals surface area contributed by atoms with Gasteiger partial charge < -0.3 is 5.32 Å². The number of rotatable bonds is 9. The van der Waals surface area contributed by atoms with E-state index in [0.717, 1.165) is 18.7 Å². The first-order valence-corrected chi connectivity index (χ1v) is 12.0. The summed E-state index contributed by atoms with van der Waals surface area (Å²) in [5.41, 5.74) is 2.90. The molecule has 1 amide bonds. The van der Waals surface area contributed by atoms with Gasteiger partial charge in [0.25, 0.3) is 0 Å². The van der Waals surface area contributed by atoms with Gasteiger partial charge in [0.2, 0.25) is 15.9 Å². The highest BCUT2D eigenvalue weighted by Crippen LogP contribution is 2.24. The van der Waals surface area contributed by atoms with Crippen molar-refractivity contribution in [3.8, 4) is 0 Å². The molecule has 2 aromatic carbocycles. The number of carbonyl (C=O) groups is 1. The van der Waals surface area contributed by atoms with Crippen molar-refractivity contribution in [2.45, 2.75) is 44.0 Å². The summed E-state index contributed by atoms with van der Waals surface area (Å²) in [5.74, 6) is -0.154. The smallest absolute Gasteiger partial charge is 0.240 e. The van der Waals surface area contributed by atoms with Gasteiger partial charge in [-0.15, -0.1) is 0 Å². The molecule has 1 unspecified atom stereocenters. The van der Waals surface area contributed by atoms with Crippen LogP contribution >= 0.6 is 0 Å². The Balaban J connectivity index is 1.52. The lowest BCUT2D eigenvalue weighted by molar-refractivity contribution is -0.121. The minimum Gasteiger partial charge on any atom is -0.354 e. The number of benzene rings is 2. The fourth-order valence-electron chi connectivity index (χ4n) is 3.96. The van der Waals surface area contributed by atoms with E-state index in [2.05, 4.69) is 27.1 Å². The second-order valence-electron chi connectivity index (χ2n) is 7.89. The van der Waals surface area contributed by atoms with Gasteiger partial charge in [0.15, 0.2) is 0 Å². The molecule has 0 spiro atoms. The molecule has 2 N–H and O–H groups in total. The van der Waals surface area contributed by atoms with E-state index in [1.165, 1.54) is 18.4 Å². The molecule has 0 aliphatic carbocycles. The summed E-state index contributed by atoms with van der Waals surface area (Å²) in [5, 5.41) is 2.99. The Morgan fingerprint density at radius 2 is 1.77 bits per heavy atom. The number of nitrogens with zero attached hydrogens (tertiary/aromatic N) is 1. The van der Waals surface area contributed by atoms with Crippen LogP contribution in [0.3, 0.4) is 0 Å². The highest BCUT2D eigenvalue weighted by Gasteiger charge is 2.24. The molecule has 162 valence electrons. The zero-order valence-electron chi connectivity index (χ0n) is 17.7. The molecule has 7 heteroatoms. The molecule has 30 heavy (non-hydrogen) atoms. The van der Waals surface area contributed by atoms with Gasteiger partial charge in [0, 0.05) is 19.5 Å². The molecule has 3 rings (SSSR count). The summed E-state index contributed by atoms with van der Waals surface area (Å²) in [7, 11) is -3.63. The van der Waals surface area contributed by atoms with Crippen LogP contribution in [0.25, 0.3) is 0 Å². The Morgan fingerprint density at radius 3 is 2.43 bits per heavy atom. The van der Waals surface area contributed by atoms with Gasteiger partial charge in [-0.05, 0) is 57.0 Å². The van der Waals surface area contributed by atoms with Crippen molar-refractivity contribution in [2.24, 2.45) is 0 Å². The van der Waals surface area contributed by atoms with E-state index >= 15 is 0 Å². The molecule has 2 aromatic rings. The Kier molecular flexibility index (Phi) is 7.64. The summed E-state index contributed by atoms with van der Waals surface area (Å²) in [6, 6.07) is 15.6. The van der Waals surface area contributed by atoms with Crippen molar-refractivity contribution in [1.82, 2.24) is 14.9 Å². The van der Waals surface area contributed by atoms with Crippen LogP contribution in [0.1, 0.15) is 42.0 Å². The van der Waals surface area contributed by atoms with Crippen LogP contribution in [0.4, 0.5) is 0 Å². The predicted molar refractivity (Wildman–Crippen MR) is 119 cm³/mol. The second-order valence-corrected chi connectivity index (χ2v) is 9.63. The number of hydrogen-bond acceptors (Lipinski definition) is 4. The second kappa shape index (κ2) is 10.2. The molecule has 1 atom stereocenters. The number of hydrogen-bond donors (Lipinski definition) is 2. The van der Waals surface area contributed by atoms with E-state index in [9.17, 15) is 13.2 Å². The molecule has 1 heterocycles. The molecule has 0 saturated carbocycles. The number of likely N-dealkylation sites (tertiary alicyclic amines) is 1. The third-order valence-electron chi connectivity index (χ3n) is 5.52. The zero-order valence-corrected chi connectivity index (χ0v) is 18.5. The van der Waals surface area contributed by atoms with Crippen molar-refractivity contribution in [3.63, 3.8) is 0 Å². The van der Waals surface area contributed by atoms with Gasteiger partial charge in [0.05, 0.1) is 10.9 Å². The minimum atomic E-state index is -3.63. The molecule has 0 aromatic heterocycles. The molecule has 0 bridgehead atoms. The number of nitrogens with one attached hydrogen (secondary N) is 2. The Morgan fingerprint density at radius 1 is 1.07 bits per heavy atom. The first-order valence-electron chi connectivity index (χ1n) is 10.5. The van der Waals surface area contributed by atoms with E-state index in [1.54, 1.807) is 19.1 Å². The summed E-state index contributed by atoms with van der Waals surface area (Å²) in [6.45, 7) is 6.35. The number of amides is 1. The molecule has 0 radical (unpaired) electrons. The molecule has 1 aliphatic rings. The maximum atomic E-state index is 12.5. The lowest BCUT2D eigenvalue weighted by Crippen LogP contribution is -2.38. The van der Waals surface area contributed by atoms with Crippen molar-refractivity contribution < 1.29 is 13.2 Å². The Hall–Kier alpha value is -2.22. The van der Waals surface area contributed by atoms with Gasteiger partial charge in [0.1, 0.15) is 0 Å². The predicted octanol–water partition coefficient (Wildman–Crippen LogP) is 2.93. The van der Waals surface area contributed by atoms with Crippen molar-refractivity contribution >= 4 is 15.9 Å². The van der Waals surface area contributed by atoms with Crippen LogP contribution in [-0.4, -0.2) is 45.4 Å². The zero-order chi connectivity index (χ0) is 21.6. The van der Waals surface area contributed by atoms with E-state index in [4.69, 9.17) is 0 Å². The fraction of sp³-hybridized carbons (Fsp3) is 0.435. The average Bonchev–Trinajstić information content (AvgIpc) is 3.23. The van der Waals surface area contributed by atoms with Crippen LogP contribution in [0.5, 0.6) is 0 Å². The van der Waals surface area contributed by atoms with Crippen molar-refractivity contribution in [1.29, 1.82) is 0 Å². The Labute approximate surface area is 179 Å². The first-order chi connectivity index (χ1) is 14.4. The standard InChI is InChI=1S/C23H31N3O3S/c1-18-10-11-22(19(2)16-18)30(28,29)25-13-12-23(27)24-17-21(26-14-6-7-15-26)20-8-4-3-5-9-20/h3-5,8-11,16,21,25H,6-7,12-15,17H2,1-2H3,(H,24,27). The van der Waals surface area contributed by atoms with Crippen LogP contribution in [0.15, 0.2) is 53.4 Å². The highest BCUT2D eigenvalue weighted by molar-refractivity contribution is 7.89. The molecule has 1 fully saturated rings. The summed E-state index contributed by atoms with van der Waals surface area (Å²) >= 11 is 0. The lowest BCUT2D eigenvalue weighted by Gasteiger charge is -2.28. The Bertz CT molecular complexity index is 955. The largest absolute Gasteiger partial charge is 0.354 e.